The van der Waals surface area contributed by atoms with Crippen molar-refractivity contribution in [3.05, 3.63) is 11.1 Å². The first-order chi connectivity index (χ1) is 10.2. The van der Waals surface area contributed by atoms with Gasteiger partial charge in [0, 0.05) is 24.4 Å². The summed E-state index contributed by atoms with van der Waals surface area (Å²) in [5.41, 5.74) is 1.02. The minimum absolute atomic E-state index is 0.131. The topological polar surface area (TPSA) is 42.4 Å². The molecule has 2 rings (SSSR count). The Morgan fingerprint density at radius 3 is 3.05 bits per heavy atom. The first-order valence-electron chi connectivity index (χ1n) is 8.11. The molecule has 0 aromatic carbocycles. The summed E-state index contributed by atoms with van der Waals surface area (Å²) < 4.78 is 4.96. The molecule has 1 unspecified atom stereocenters. The smallest absolute Gasteiger partial charge is 0.306 e. The van der Waals surface area contributed by atoms with Gasteiger partial charge in [-0.25, -0.2) is 4.98 Å². The second-order valence-electron chi connectivity index (χ2n) is 5.53. The number of rotatable bonds is 6. The molecular formula is C16H26N2O2S. The van der Waals surface area contributed by atoms with Gasteiger partial charge in [0.05, 0.1) is 18.7 Å². The maximum Gasteiger partial charge on any atom is 0.306 e. The summed E-state index contributed by atoms with van der Waals surface area (Å²) in [6.07, 6.45) is 7.47. The molecule has 0 amide bonds. The molecule has 4 nitrogen and oxygen atoms in total. The van der Waals surface area contributed by atoms with E-state index in [0.29, 0.717) is 25.5 Å². The number of hydrogen-bond donors (Lipinski definition) is 0. The second-order valence-corrected chi connectivity index (χ2v) is 6.37. The molecule has 2 heterocycles. The Hall–Kier alpha value is -1.10. The lowest BCUT2D eigenvalue weighted by Crippen LogP contribution is -2.34. The summed E-state index contributed by atoms with van der Waals surface area (Å²) in [6, 6.07) is 0.622. The first kappa shape index (κ1) is 16.3. The SMILES string of the molecule is CCOC(=O)CCc1csc(N2CCCCCC2CC)n1. The third-order valence-corrected chi connectivity index (χ3v) is 4.95. The number of carbonyl (C=O) groups is 1. The number of ether oxygens (including phenoxy) is 1. The van der Waals surface area contributed by atoms with Crippen LogP contribution >= 0.6 is 11.3 Å². The third-order valence-electron chi connectivity index (χ3n) is 4.02. The largest absolute Gasteiger partial charge is 0.466 e. The van der Waals surface area contributed by atoms with Crippen LogP contribution in [-0.2, 0) is 16.0 Å². The maximum atomic E-state index is 11.4. The highest BCUT2D eigenvalue weighted by Crippen LogP contribution is 2.29. The van der Waals surface area contributed by atoms with Crippen molar-refractivity contribution in [1.82, 2.24) is 4.98 Å². The van der Waals surface area contributed by atoms with Gasteiger partial charge in [-0.05, 0) is 26.2 Å². The molecule has 21 heavy (non-hydrogen) atoms. The summed E-state index contributed by atoms with van der Waals surface area (Å²) >= 11 is 1.71. The van der Waals surface area contributed by atoms with Crippen molar-refractivity contribution < 1.29 is 9.53 Å². The molecule has 1 aliphatic rings. The number of aryl methyl sites for hydroxylation is 1. The van der Waals surface area contributed by atoms with Gasteiger partial charge in [-0.1, -0.05) is 19.8 Å². The predicted octanol–water partition coefficient (Wildman–Crippen LogP) is 3.80. The molecule has 1 fully saturated rings. The highest BCUT2D eigenvalue weighted by Gasteiger charge is 2.22. The molecule has 1 aromatic heterocycles. The van der Waals surface area contributed by atoms with E-state index >= 15 is 0 Å². The second kappa shape index (κ2) is 8.37. The lowest BCUT2D eigenvalue weighted by molar-refractivity contribution is -0.143. The molecule has 0 saturated carbocycles. The van der Waals surface area contributed by atoms with Crippen LogP contribution in [0.4, 0.5) is 5.13 Å². The number of carbonyl (C=O) groups excluding carboxylic acids is 1. The summed E-state index contributed by atoms with van der Waals surface area (Å²) in [4.78, 5) is 18.6. The number of thiazole rings is 1. The number of aromatic nitrogens is 1. The summed E-state index contributed by atoms with van der Waals surface area (Å²) in [6.45, 7) is 5.66. The number of nitrogens with zero attached hydrogens (tertiary/aromatic N) is 2. The molecule has 1 aliphatic heterocycles. The van der Waals surface area contributed by atoms with Crippen LogP contribution in [0.2, 0.25) is 0 Å². The van der Waals surface area contributed by atoms with Gasteiger partial charge in [-0.3, -0.25) is 4.79 Å². The molecule has 118 valence electrons. The average molecular weight is 310 g/mol. The average Bonchev–Trinajstić information content (AvgIpc) is 2.82. The third kappa shape index (κ3) is 4.70. The molecule has 1 aromatic rings. The van der Waals surface area contributed by atoms with Crippen LogP contribution in [0.3, 0.4) is 0 Å². The van der Waals surface area contributed by atoms with Crippen molar-refractivity contribution in [1.29, 1.82) is 0 Å². The van der Waals surface area contributed by atoms with Gasteiger partial charge < -0.3 is 9.64 Å². The van der Waals surface area contributed by atoms with Gasteiger partial charge in [-0.15, -0.1) is 11.3 Å². The molecule has 0 aliphatic carbocycles. The fourth-order valence-corrected chi connectivity index (χ4v) is 3.82. The van der Waals surface area contributed by atoms with Crippen molar-refractivity contribution in [2.45, 2.75) is 64.8 Å². The van der Waals surface area contributed by atoms with Crippen molar-refractivity contribution in [2.75, 3.05) is 18.1 Å². The van der Waals surface area contributed by atoms with Crippen LogP contribution in [0.25, 0.3) is 0 Å². The highest BCUT2D eigenvalue weighted by atomic mass is 32.1. The Morgan fingerprint density at radius 1 is 1.43 bits per heavy atom. The standard InChI is InChI=1S/C16H26N2O2S/c1-3-14-8-6-5-7-11-18(14)16-17-13(12-21-16)9-10-15(19)20-4-2/h12,14H,3-11H2,1-2H3. The van der Waals surface area contributed by atoms with Crippen LogP contribution in [0, 0.1) is 0 Å². The van der Waals surface area contributed by atoms with Crippen LogP contribution in [0.5, 0.6) is 0 Å². The van der Waals surface area contributed by atoms with Gasteiger partial charge in [0.2, 0.25) is 0 Å². The predicted molar refractivity (Wildman–Crippen MR) is 87.0 cm³/mol. The monoisotopic (exact) mass is 310 g/mol. The number of anilines is 1. The minimum Gasteiger partial charge on any atom is -0.466 e. The van der Waals surface area contributed by atoms with Gasteiger partial charge in [-0.2, -0.15) is 0 Å². The number of esters is 1. The summed E-state index contributed by atoms with van der Waals surface area (Å²) in [5, 5.41) is 3.22. The number of hydrogen-bond acceptors (Lipinski definition) is 5. The van der Waals surface area contributed by atoms with E-state index in [4.69, 9.17) is 9.72 Å². The summed E-state index contributed by atoms with van der Waals surface area (Å²) in [5.74, 6) is -0.131. The minimum atomic E-state index is -0.131. The molecule has 0 bridgehead atoms. The maximum absolute atomic E-state index is 11.4. The van der Waals surface area contributed by atoms with Crippen LogP contribution in [-0.4, -0.2) is 30.1 Å². The molecule has 5 heteroatoms. The lowest BCUT2D eigenvalue weighted by Gasteiger charge is -2.28. The molecule has 0 radical (unpaired) electrons. The van der Waals surface area contributed by atoms with Gasteiger partial charge in [0.1, 0.15) is 0 Å². The molecule has 0 spiro atoms. The van der Waals surface area contributed by atoms with Crippen molar-refractivity contribution in [3.63, 3.8) is 0 Å². The van der Waals surface area contributed by atoms with E-state index in [0.717, 1.165) is 17.4 Å². The fourth-order valence-electron chi connectivity index (χ4n) is 2.86. The van der Waals surface area contributed by atoms with Gasteiger partial charge in [0.25, 0.3) is 0 Å². The zero-order valence-electron chi connectivity index (χ0n) is 13.1. The highest BCUT2D eigenvalue weighted by molar-refractivity contribution is 7.13. The zero-order valence-corrected chi connectivity index (χ0v) is 14.0. The van der Waals surface area contributed by atoms with E-state index in [9.17, 15) is 4.79 Å². The van der Waals surface area contributed by atoms with Gasteiger partial charge >= 0.3 is 5.97 Å². The quantitative estimate of drug-likeness (QED) is 0.750. The van der Waals surface area contributed by atoms with Crippen LogP contribution < -0.4 is 4.90 Å². The normalized spacial score (nSPS) is 19.3. The van der Waals surface area contributed by atoms with Crippen molar-refractivity contribution in [3.8, 4) is 0 Å². The molecule has 1 atom stereocenters. The van der Waals surface area contributed by atoms with E-state index in [-0.39, 0.29) is 5.97 Å². The van der Waals surface area contributed by atoms with Crippen molar-refractivity contribution >= 4 is 22.4 Å². The van der Waals surface area contributed by atoms with E-state index in [1.165, 1.54) is 32.1 Å². The Bertz CT molecular complexity index is 447. The lowest BCUT2D eigenvalue weighted by atomic mass is 10.1. The fraction of sp³-hybridized carbons (Fsp3) is 0.750. The summed E-state index contributed by atoms with van der Waals surface area (Å²) in [7, 11) is 0. The Morgan fingerprint density at radius 2 is 2.29 bits per heavy atom. The Balaban J connectivity index is 1.95. The molecule has 0 N–H and O–H groups in total. The van der Waals surface area contributed by atoms with Gasteiger partial charge in [0.15, 0.2) is 5.13 Å². The molecular weight excluding hydrogens is 284 g/mol. The Kier molecular flexibility index (Phi) is 6.49. The zero-order chi connectivity index (χ0) is 15.1. The van der Waals surface area contributed by atoms with Crippen molar-refractivity contribution in [2.24, 2.45) is 0 Å². The van der Waals surface area contributed by atoms with Crippen LogP contribution in [0.15, 0.2) is 5.38 Å². The first-order valence-corrected chi connectivity index (χ1v) is 8.99. The van der Waals surface area contributed by atoms with E-state index in [1.54, 1.807) is 11.3 Å². The van der Waals surface area contributed by atoms with E-state index < -0.39 is 0 Å². The van der Waals surface area contributed by atoms with Crippen LogP contribution in [0.1, 0.15) is 58.1 Å². The van der Waals surface area contributed by atoms with E-state index in [1.807, 2.05) is 6.92 Å². The van der Waals surface area contributed by atoms with E-state index in [2.05, 4.69) is 17.2 Å². The Labute approximate surface area is 131 Å². The molecule has 1 saturated heterocycles.